The molecule has 0 unspecified atom stereocenters. The lowest BCUT2D eigenvalue weighted by Crippen LogP contribution is -2.41. The van der Waals surface area contributed by atoms with Crippen molar-refractivity contribution in [3.8, 4) is 5.75 Å². The molecule has 7 nitrogen and oxygen atoms in total. The fourth-order valence-corrected chi connectivity index (χ4v) is 4.47. The van der Waals surface area contributed by atoms with Crippen LogP contribution in [-0.2, 0) is 24.1 Å². The van der Waals surface area contributed by atoms with Gasteiger partial charge < -0.3 is 19.3 Å². The van der Waals surface area contributed by atoms with Crippen molar-refractivity contribution in [2.45, 2.75) is 19.4 Å². The van der Waals surface area contributed by atoms with Gasteiger partial charge in [0, 0.05) is 43.6 Å². The van der Waals surface area contributed by atoms with Gasteiger partial charge in [-0.05, 0) is 35.9 Å². The van der Waals surface area contributed by atoms with Crippen molar-refractivity contribution in [2.75, 3.05) is 44.9 Å². The maximum absolute atomic E-state index is 13.7. The second kappa shape index (κ2) is 9.77. The van der Waals surface area contributed by atoms with E-state index in [9.17, 15) is 9.18 Å². The van der Waals surface area contributed by atoms with E-state index < -0.39 is 5.82 Å². The predicted molar refractivity (Wildman–Crippen MR) is 126 cm³/mol. The van der Waals surface area contributed by atoms with Gasteiger partial charge >= 0.3 is 0 Å². The molecule has 2 aliphatic rings. The molecule has 0 spiro atoms. The highest BCUT2D eigenvalue weighted by molar-refractivity contribution is 5.94. The topological polar surface area (TPSA) is 67.8 Å². The summed E-state index contributed by atoms with van der Waals surface area (Å²) in [5.41, 5.74) is 3.40. The zero-order chi connectivity index (χ0) is 23.5. The number of methoxy groups -OCH3 is 1. The average molecular weight is 463 g/mol. The molecule has 8 heteroatoms. The Kier molecular flexibility index (Phi) is 6.40. The molecule has 2 aliphatic heterocycles. The van der Waals surface area contributed by atoms with Crippen LogP contribution in [0.2, 0.25) is 0 Å². The van der Waals surface area contributed by atoms with Gasteiger partial charge in [-0.2, -0.15) is 0 Å². The Morgan fingerprint density at radius 2 is 1.88 bits per heavy atom. The number of nitrogens with zero attached hydrogens (tertiary/aromatic N) is 4. The molecule has 3 heterocycles. The van der Waals surface area contributed by atoms with E-state index in [0.29, 0.717) is 44.7 Å². The number of ether oxygens (including phenoxy) is 2. The largest absolute Gasteiger partial charge is 0.497 e. The number of aromatic nitrogens is 2. The summed E-state index contributed by atoms with van der Waals surface area (Å²) in [6.07, 6.45) is 1.24. The number of rotatable bonds is 5. The number of halogens is 1. The lowest BCUT2D eigenvalue weighted by Gasteiger charge is -2.34. The van der Waals surface area contributed by atoms with Crippen LogP contribution in [-0.4, -0.2) is 60.7 Å². The minimum absolute atomic E-state index is 0.180. The molecule has 0 aliphatic carbocycles. The molecule has 34 heavy (non-hydrogen) atoms. The molecular formula is C26H27FN4O3. The Balaban J connectivity index is 1.45. The molecule has 1 amide bonds. The first-order valence-corrected chi connectivity index (χ1v) is 11.5. The summed E-state index contributed by atoms with van der Waals surface area (Å²) in [6, 6.07) is 13.8. The lowest BCUT2D eigenvalue weighted by atomic mass is 10.0. The third kappa shape index (κ3) is 4.72. The first-order chi connectivity index (χ1) is 16.6. The Labute approximate surface area is 198 Å². The number of anilines is 1. The SMILES string of the molecule is COc1ccc(Cc2nc3c(c(N4CCOCC4)n2)CN(C(=O)c2cccc(F)c2)CC3)cc1. The molecule has 0 bridgehead atoms. The number of amides is 1. The number of hydrogen-bond donors (Lipinski definition) is 0. The van der Waals surface area contributed by atoms with Gasteiger partial charge in [0.05, 0.1) is 32.6 Å². The number of carbonyl (C=O) groups excluding carboxylic acids is 1. The van der Waals surface area contributed by atoms with Gasteiger partial charge in [-0.1, -0.05) is 18.2 Å². The number of carbonyl (C=O) groups is 1. The second-order valence-electron chi connectivity index (χ2n) is 8.50. The van der Waals surface area contributed by atoms with Crippen molar-refractivity contribution < 1.29 is 18.7 Å². The van der Waals surface area contributed by atoms with Crippen molar-refractivity contribution in [1.29, 1.82) is 0 Å². The molecule has 2 aromatic carbocycles. The smallest absolute Gasteiger partial charge is 0.254 e. The predicted octanol–water partition coefficient (Wildman–Crippen LogP) is 3.25. The van der Waals surface area contributed by atoms with Crippen molar-refractivity contribution >= 4 is 11.7 Å². The molecule has 5 rings (SSSR count). The molecule has 1 fully saturated rings. The van der Waals surface area contributed by atoms with Crippen LogP contribution in [0.5, 0.6) is 5.75 Å². The number of hydrogen-bond acceptors (Lipinski definition) is 6. The van der Waals surface area contributed by atoms with Gasteiger partial charge in [0.2, 0.25) is 0 Å². The maximum Gasteiger partial charge on any atom is 0.254 e. The number of morpholine rings is 1. The van der Waals surface area contributed by atoms with Crippen molar-refractivity contribution in [2.24, 2.45) is 0 Å². The third-order valence-corrected chi connectivity index (χ3v) is 6.28. The maximum atomic E-state index is 13.7. The van der Waals surface area contributed by atoms with E-state index in [4.69, 9.17) is 19.4 Å². The molecule has 1 aromatic heterocycles. The van der Waals surface area contributed by atoms with Gasteiger partial charge in [-0.25, -0.2) is 14.4 Å². The highest BCUT2D eigenvalue weighted by Crippen LogP contribution is 2.29. The summed E-state index contributed by atoms with van der Waals surface area (Å²) in [5.74, 6) is 1.85. The molecule has 0 N–H and O–H groups in total. The highest BCUT2D eigenvalue weighted by atomic mass is 19.1. The van der Waals surface area contributed by atoms with Crippen LogP contribution < -0.4 is 9.64 Å². The highest BCUT2D eigenvalue weighted by Gasteiger charge is 2.29. The van der Waals surface area contributed by atoms with Crippen LogP contribution in [0.1, 0.15) is 33.0 Å². The van der Waals surface area contributed by atoms with Crippen LogP contribution in [0, 0.1) is 5.82 Å². The normalized spacial score (nSPS) is 15.7. The molecule has 3 aromatic rings. The van der Waals surface area contributed by atoms with Crippen molar-refractivity contribution in [1.82, 2.24) is 14.9 Å². The van der Waals surface area contributed by atoms with E-state index in [2.05, 4.69) is 4.90 Å². The minimum Gasteiger partial charge on any atom is -0.497 e. The summed E-state index contributed by atoms with van der Waals surface area (Å²) in [5, 5.41) is 0. The fourth-order valence-electron chi connectivity index (χ4n) is 4.47. The summed E-state index contributed by atoms with van der Waals surface area (Å²) >= 11 is 0. The lowest BCUT2D eigenvalue weighted by molar-refractivity contribution is 0.0732. The molecule has 0 saturated carbocycles. The molecule has 176 valence electrons. The van der Waals surface area contributed by atoms with Crippen molar-refractivity contribution in [3.05, 3.63) is 82.6 Å². The second-order valence-corrected chi connectivity index (χ2v) is 8.50. The zero-order valence-corrected chi connectivity index (χ0v) is 19.2. The van der Waals surface area contributed by atoms with Crippen LogP contribution in [0.4, 0.5) is 10.2 Å². The summed E-state index contributed by atoms with van der Waals surface area (Å²) < 4.78 is 24.5. The Hall–Kier alpha value is -3.52. The molecule has 0 atom stereocenters. The standard InChI is InChI=1S/C26H27FN4O3/c1-33-21-7-5-18(6-8-21)15-24-28-23-9-10-31(26(32)19-3-2-4-20(27)16-19)17-22(23)25(29-24)30-11-13-34-14-12-30/h2-8,16H,9-15,17H2,1H3. The summed E-state index contributed by atoms with van der Waals surface area (Å²) in [6.45, 7) is 3.69. The third-order valence-electron chi connectivity index (χ3n) is 6.28. The van der Waals surface area contributed by atoms with Gasteiger partial charge in [0.15, 0.2) is 0 Å². The molecular weight excluding hydrogens is 435 g/mol. The Morgan fingerprint density at radius 3 is 2.62 bits per heavy atom. The Morgan fingerprint density at radius 1 is 1.09 bits per heavy atom. The van der Waals surface area contributed by atoms with E-state index in [1.54, 1.807) is 24.1 Å². The van der Waals surface area contributed by atoms with Gasteiger partial charge in [-0.15, -0.1) is 0 Å². The van der Waals surface area contributed by atoms with E-state index >= 15 is 0 Å². The summed E-state index contributed by atoms with van der Waals surface area (Å²) in [4.78, 5) is 26.9. The van der Waals surface area contributed by atoms with E-state index in [1.165, 1.54) is 12.1 Å². The van der Waals surface area contributed by atoms with Gasteiger partial charge in [-0.3, -0.25) is 4.79 Å². The van der Waals surface area contributed by atoms with E-state index in [-0.39, 0.29) is 5.91 Å². The van der Waals surface area contributed by atoms with Crippen LogP contribution >= 0.6 is 0 Å². The van der Waals surface area contributed by atoms with Crippen molar-refractivity contribution in [3.63, 3.8) is 0 Å². The van der Waals surface area contributed by atoms with Gasteiger partial charge in [0.25, 0.3) is 5.91 Å². The first kappa shape index (κ1) is 22.3. The average Bonchev–Trinajstić information content (AvgIpc) is 2.88. The number of benzene rings is 2. The molecule has 1 saturated heterocycles. The zero-order valence-electron chi connectivity index (χ0n) is 19.2. The van der Waals surface area contributed by atoms with Crippen LogP contribution in [0.25, 0.3) is 0 Å². The minimum atomic E-state index is -0.413. The van der Waals surface area contributed by atoms with Crippen LogP contribution in [0.3, 0.4) is 0 Å². The van der Waals surface area contributed by atoms with E-state index in [0.717, 1.165) is 47.3 Å². The quantitative estimate of drug-likeness (QED) is 0.580. The monoisotopic (exact) mass is 462 g/mol. The number of fused-ring (bicyclic) bond motifs is 1. The Bertz CT molecular complexity index is 1180. The fraction of sp³-hybridized carbons (Fsp3) is 0.346. The van der Waals surface area contributed by atoms with E-state index in [1.807, 2.05) is 24.3 Å². The van der Waals surface area contributed by atoms with Gasteiger partial charge in [0.1, 0.15) is 23.2 Å². The first-order valence-electron chi connectivity index (χ1n) is 11.5. The van der Waals surface area contributed by atoms with Crippen LogP contribution in [0.15, 0.2) is 48.5 Å². The molecule has 0 radical (unpaired) electrons. The summed E-state index contributed by atoms with van der Waals surface area (Å²) in [7, 11) is 1.65.